The van der Waals surface area contributed by atoms with Gasteiger partial charge in [0.1, 0.15) is 23.9 Å². The Morgan fingerprint density at radius 3 is 2.46 bits per heavy atom. The highest BCUT2D eigenvalue weighted by atomic mass is 16.5. The second kappa shape index (κ2) is 8.51. The molecule has 1 aliphatic heterocycles. The molecular weight excluding hydrogens is 334 g/mol. The molecule has 0 radical (unpaired) electrons. The number of ether oxygens (including phenoxy) is 1. The Hall–Kier alpha value is -2.12. The van der Waals surface area contributed by atoms with Crippen molar-refractivity contribution < 1.29 is 18.5 Å². The van der Waals surface area contributed by atoms with Gasteiger partial charge in [-0.1, -0.05) is 5.16 Å². The van der Waals surface area contributed by atoms with Crippen LogP contribution in [0.15, 0.2) is 21.1 Å². The quantitative estimate of drug-likeness (QED) is 0.733. The van der Waals surface area contributed by atoms with Crippen LogP contribution in [0.25, 0.3) is 0 Å². The van der Waals surface area contributed by atoms with Crippen LogP contribution in [0.3, 0.4) is 0 Å². The molecule has 3 heterocycles. The van der Waals surface area contributed by atoms with Gasteiger partial charge >= 0.3 is 5.97 Å². The highest BCUT2D eigenvalue weighted by molar-refractivity contribution is 5.65. The molecule has 0 unspecified atom stereocenters. The molecule has 1 saturated heterocycles. The van der Waals surface area contributed by atoms with Gasteiger partial charge in [0.15, 0.2) is 0 Å². The predicted molar refractivity (Wildman–Crippen MR) is 95.3 cm³/mol. The van der Waals surface area contributed by atoms with Gasteiger partial charge in [0.05, 0.1) is 12.2 Å². The van der Waals surface area contributed by atoms with E-state index in [9.17, 15) is 4.79 Å². The molecule has 0 spiro atoms. The first-order valence-corrected chi connectivity index (χ1v) is 9.08. The van der Waals surface area contributed by atoms with Gasteiger partial charge in [-0.25, -0.2) is 0 Å². The van der Waals surface area contributed by atoms with Crippen molar-refractivity contribution in [3.8, 4) is 0 Å². The summed E-state index contributed by atoms with van der Waals surface area (Å²) in [5, 5.41) is 4.05. The predicted octanol–water partition coefficient (Wildman–Crippen LogP) is 2.66. The number of rotatable bonds is 6. The lowest BCUT2D eigenvalue weighted by Gasteiger charge is -2.21. The van der Waals surface area contributed by atoms with E-state index in [-0.39, 0.29) is 12.6 Å². The molecule has 0 aromatic carbocycles. The van der Waals surface area contributed by atoms with E-state index < -0.39 is 0 Å². The number of furan rings is 1. The molecule has 26 heavy (non-hydrogen) atoms. The maximum absolute atomic E-state index is 10.9. The molecule has 3 rings (SSSR count). The molecule has 0 bridgehead atoms. The van der Waals surface area contributed by atoms with Crippen molar-refractivity contribution in [1.29, 1.82) is 0 Å². The molecule has 0 N–H and O–H groups in total. The summed E-state index contributed by atoms with van der Waals surface area (Å²) in [5.41, 5.74) is 2.19. The lowest BCUT2D eigenvalue weighted by atomic mass is 10.2. The molecule has 7 heteroatoms. The van der Waals surface area contributed by atoms with E-state index in [1.165, 1.54) is 12.5 Å². The van der Waals surface area contributed by atoms with Crippen molar-refractivity contribution in [3.05, 3.63) is 40.7 Å². The number of hydrogen-bond acceptors (Lipinski definition) is 7. The standard InChI is InChI=1S/C19H27N3O4/c1-14-19(15(2)26-20-14)12-22-8-4-7-21(9-10-22)11-17-5-6-18(25-17)13-24-16(3)23/h5-6H,4,7-13H2,1-3H3. The number of hydrogen-bond donors (Lipinski definition) is 0. The minimum Gasteiger partial charge on any atom is -0.461 e. The van der Waals surface area contributed by atoms with Crippen LogP contribution in [0.1, 0.15) is 41.9 Å². The lowest BCUT2D eigenvalue weighted by molar-refractivity contribution is -0.142. The van der Waals surface area contributed by atoms with E-state index in [0.29, 0.717) is 5.76 Å². The maximum Gasteiger partial charge on any atom is 0.303 e. The second-order valence-electron chi connectivity index (χ2n) is 6.86. The van der Waals surface area contributed by atoms with Gasteiger partial charge in [-0.2, -0.15) is 0 Å². The van der Waals surface area contributed by atoms with Crippen LogP contribution in [0.4, 0.5) is 0 Å². The number of esters is 1. The number of aromatic nitrogens is 1. The van der Waals surface area contributed by atoms with Crippen molar-refractivity contribution in [1.82, 2.24) is 15.0 Å². The summed E-state index contributed by atoms with van der Waals surface area (Å²) in [6.45, 7) is 11.3. The van der Waals surface area contributed by atoms with Gasteiger partial charge in [0, 0.05) is 32.1 Å². The molecule has 1 aliphatic rings. The van der Waals surface area contributed by atoms with E-state index in [2.05, 4.69) is 15.0 Å². The largest absolute Gasteiger partial charge is 0.461 e. The average molecular weight is 361 g/mol. The number of carbonyl (C=O) groups is 1. The SMILES string of the molecule is CC(=O)OCc1ccc(CN2CCCN(Cc3c(C)noc3C)CC2)o1. The van der Waals surface area contributed by atoms with Crippen LogP contribution >= 0.6 is 0 Å². The Morgan fingerprint density at radius 1 is 1.12 bits per heavy atom. The maximum atomic E-state index is 10.9. The van der Waals surface area contributed by atoms with Gasteiger partial charge < -0.3 is 13.7 Å². The minimum atomic E-state index is -0.297. The summed E-state index contributed by atoms with van der Waals surface area (Å²) >= 11 is 0. The first-order valence-electron chi connectivity index (χ1n) is 9.08. The monoisotopic (exact) mass is 361 g/mol. The molecule has 0 atom stereocenters. The third-order valence-corrected chi connectivity index (χ3v) is 4.76. The zero-order valence-corrected chi connectivity index (χ0v) is 15.8. The molecule has 2 aromatic heterocycles. The number of aryl methyl sites for hydroxylation is 2. The zero-order chi connectivity index (χ0) is 18.5. The molecule has 142 valence electrons. The van der Waals surface area contributed by atoms with Crippen molar-refractivity contribution >= 4 is 5.97 Å². The summed E-state index contributed by atoms with van der Waals surface area (Å²) in [6.07, 6.45) is 1.12. The van der Waals surface area contributed by atoms with Gasteiger partial charge in [-0.05, 0) is 45.5 Å². The number of nitrogens with zero attached hydrogens (tertiary/aromatic N) is 3. The Balaban J connectivity index is 1.50. The normalized spacial score (nSPS) is 16.6. The van der Waals surface area contributed by atoms with Crippen molar-refractivity contribution in [2.45, 2.75) is 46.9 Å². The molecule has 2 aromatic rings. The van der Waals surface area contributed by atoms with Crippen LogP contribution in [0.2, 0.25) is 0 Å². The topological polar surface area (TPSA) is 72.0 Å². The summed E-state index contributed by atoms with van der Waals surface area (Å²) in [7, 11) is 0. The summed E-state index contributed by atoms with van der Waals surface area (Å²) in [4.78, 5) is 15.7. The Labute approximate surface area is 153 Å². The Bertz CT molecular complexity index is 717. The fourth-order valence-electron chi connectivity index (χ4n) is 3.27. The Kier molecular flexibility index (Phi) is 6.11. The molecular formula is C19H27N3O4. The van der Waals surface area contributed by atoms with Crippen molar-refractivity contribution in [3.63, 3.8) is 0 Å². The summed E-state index contributed by atoms with van der Waals surface area (Å²) in [6, 6.07) is 3.84. The fraction of sp³-hybridized carbons (Fsp3) is 0.579. The molecule has 0 aliphatic carbocycles. The van der Waals surface area contributed by atoms with E-state index in [4.69, 9.17) is 13.7 Å². The van der Waals surface area contributed by atoms with Gasteiger partial charge in [-0.3, -0.25) is 14.6 Å². The van der Waals surface area contributed by atoms with E-state index >= 15 is 0 Å². The lowest BCUT2D eigenvalue weighted by Crippen LogP contribution is -2.30. The van der Waals surface area contributed by atoms with Crippen LogP contribution in [-0.4, -0.2) is 47.1 Å². The van der Waals surface area contributed by atoms with Crippen LogP contribution < -0.4 is 0 Å². The molecule has 0 amide bonds. The first-order chi connectivity index (χ1) is 12.5. The zero-order valence-electron chi connectivity index (χ0n) is 15.8. The van der Waals surface area contributed by atoms with Crippen molar-refractivity contribution in [2.24, 2.45) is 0 Å². The first kappa shape index (κ1) is 18.7. The smallest absolute Gasteiger partial charge is 0.303 e. The summed E-state index contributed by atoms with van der Waals surface area (Å²) < 4.78 is 16.0. The summed E-state index contributed by atoms with van der Waals surface area (Å²) in [5.74, 6) is 2.21. The third-order valence-electron chi connectivity index (χ3n) is 4.76. The molecule has 1 fully saturated rings. The van der Waals surface area contributed by atoms with Crippen molar-refractivity contribution in [2.75, 3.05) is 26.2 Å². The number of carbonyl (C=O) groups excluding carboxylic acids is 1. The van der Waals surface area contributed by atoms with Gasteiger partial charge in [0.2, 0.25) is 0 Å². The van der Waals surface area contributed by atoms with E-state index in [1.807, 2.05) is 26.0 Å². The minimum absolute atomic E-state index is 0.195. The third kappa shape index (κ3) is 4.95. The highest BCUT2D eigenvalue weighted by Gasteiger charge is 2.19. The van der Waals surface area contributed by atoms with Gasteiger partial charge in [-0.15, -0.1) is 0 Å². The fourth-order valence-corrected chi connectivity index (χ4v) is 3.27. The van der Waals surface area contributed by atoms with Crippen LogP contribution in [-0.2, 0) is 29.2 Å². The second-order valence-corrected chi connectivity index (χ2v) is 6.86. The van der Waals surface area contributed by atoms with Gasteiger partial charge in [0.25, 0.3) is 0 Å². The average Bonchev–Trinajstić information content (AvgIpc) is 3.09. The Morgan fingerprint density at radius 2 is 1.81 bits per heavy atom. The highest BCUT2D eigenvalue weighted by Crippen LogP contribution is 2.18. The van der Waals surface area contributed by atoms with Crippen LogP contribution in [0, 0.1) is 13.8 Å². The van der Waals surface area contributed by atoms with E-state index in [1.54, 1.807) is 0 Å². The van der Waals surface area contributed by atoms with E-state index in [0.717, 1.165) is 62.9 Å². The molecule has 7 nitrogen and oxygen atoms in total. The van der Waals surface area contributed by atoms with Crippen LogP contribution in [0.5, 0.6) is 0 Å². The molecule has 0 saturated carbocycles.